The first-order valence-corrected chi connectivity index (χ1v) is 5.43. The summed E-state index contributed by atoms with van der Waals surface area (Å²) >= 11 is 1.94. The molecule has 2 rings (SSSR count). The zero-order valence-corrected chi connectivity index (χ0v) is 8.43. The lowest BCUT2D eigenvalue weighted by Crippen LogP contribution is -2.36. The highest BCUT2D eigenvalue weighted by atomic mass is 32.2. The molecule has 0 aromatic heterocycles. The van der Waals surface area contributed by atoms with Crippen molar-refractivity contribution in [1.82, 2.24) is 0 Å². The van der Waals surface area contributed by atoms with Crippen molar-refractivity contribution in [3.63, 3.8) is 0 Å². The van der Waals surface area contributed by atoms with Crippen molar-refractivity contribution in [2.24, 2.45) is 4.99 Å². The maximum atomic E-state index is 5.43. The van der Waals surface area contributed by atoms with Crippen LogP contribution in [0.3, 0.4) is 0 Å². The second-order valence-corrected chi connectivity index (χ2v) is 4.93. The van der Waals surface area contributed by atoms with E-state index in [1.807, 2.05) is 11.8 Å². The topological polar surface area (TPSA) is 21.6 Å². The van der Waals surface area contributed by atoms with E-state index in [4.69, 9.17) is 4.74 Å². The van der Waals surface area contributed by atoms with Crippen LogP contribution < -0.4 is 0 Å². The number of ether oxygens (including phenoxy) is 1. The molecule has 2 unspecified atom stereocenters. The quantitative estimate of drug-likeness (QED) is 0.624. The van der Waals surface area contributed by atoms with Gasteiger partial charge in [-0.3, -0.25) is 4.99 Å². The van der Waals surface area contributed by atoms with E-state index in [-0.39, 0.29) is 0 Å². The number of rotatable bonds is 1. The third kappa shape index (κ3) is 1.40. The fourth-order valence-electron chi connectivity index (χ4n) is 2.11. The van der Waals surface area contributed by atoms with Crippen LogP contribution in [-0.4, -0.2) is 29.5 Å². The Balaban J connectivity index is 2.10. The van der Waals surface area contributed by atoms with Crippen LogP contribution in [0.2, 0.25) is 0 Å². The standard InChI is InChI=1S/C9H15NOS/c1-6-10-9-7(11-2)4-3-5-8(9)12-6/h7-9H,3-5H2,1-2H3/t7?,8?,9-/m0/s1. The fourth-order valence-corrected chi connectivity index (χ4v) is 3.39. The number of aliphatic imine (C=N–C) groups is 1. The minimum atomic E-state index is 0.383. The minimum Gasteiger partial charge on any atom is -0.379 e. The first-order chi connectivity index (χ1) is 5.81. The van der Waals surface area contributed by atoms with Gasteiger partial charge in [0.2, 0.25) is 0 Å². The average Bonchev–Trinajstić information content (AvgIpc) is 2.44. The van der Waals surface area contributed by atoms with E-state index in [9.17, 15) is 0 Å². The SMILES string of the molecule is COC1CCCC2SC(C)=N[C@@H]12. The van der Waals surface area contributed by atoms with Gasteiger partial charge in [-0.05, 0) is 26.2 Å². The minimum absolute atomic E-state index is 0.383. The third-order valence-corrected chi connectivity index (χ3v) is 3.96. The van der Waals surface area contributed by atoms with E-state index in [1.54, 1.807) is 7.11 Å². The summed E-state index contributed by atoms with van der Waals surface area (Å²) in [4.78, 5) is 4.62. The Morgan fingerprint density at radius 1 is 1.50 bits per heavy atom. The van der Waals surface area contributed by atoms with Gasteiger partial charge in [0.15, 0.2) is 0 Å². The zero-order chi connectivity index (χ0) is 8.55. The summed E-state index contributed by atoms with van der Waals surface area (Å²) in [6.45, 7) is 2.11. The Kier molecular flexibility index (Phi) is 2.42. The molecule has 1 aliphatic carbocycles. The van der Waals surface area contributed by atoms with Crippen LogP contribution in [0.4, 0.5) is 0 Å². The van der Waals surface area contributed by atoms with Gasteiger partial charge >= 0.3 is 0 Å². The van der Waals surface area contributed by atoms with E-state index in [0.29, 0.717) is 17.4 Å². The lowest BCUT2D eigenvalue weighted by molar-refractivity contribution is 0.0587. The maximum absolute atomic E-state index is 5.43. The molecule has 3 atom stereocenters. The van der Waals surface area contributed by atoms with Gasteiger partial charge in [-0.15, -0.1) is 11.8 Å². The van der Waals surface area contributed by atoms with Crippen LogP contribution in [0.25, 0.3) is 0 Å². The van der Waals surface area contributed by atoms with Crippen molar-refractivity contribution in [1.29, 1.82) is 0 Å². The maximum Gasteiger partial charge on any atom is 0.0892 e. The molecule has 0 N–H and O–H groups in total. The number of methoxy groups -OCH3 is 1. The second kappa shape index (κ2) is 3.38. The van der Waals surface area contributed by atoms with Crippen molar-refractivity contribution in [2.75, 3.05) is 7.11 Å². The van der Waals surface area contributed by atoms with Crippen LogP contribution >= 0.6 is 11.8 Å². The van der Waals surface area contributed by atoms with Gasteiger partial charge in [0.25, 0.3) is 0 Å². The third-order valence-electron chi connectivity index (χ3n) is 2.69. The van der Waals surface area contributed by atoms with Gasteiger partial charge in [-0.25, -0.2) is 0 Å². The second-order valence-electron chi connectivity index (χ2n) is 3.50. The van der Waals surface area contributed by atoms with Crippen molar-refractivity contribution in [3.8, 4) is 0 Å². The molecule has 2 aliphatic rings. The number of hydrogen-bond donors (Lipinski definition) is 0. The van der Waals surface area contributed by atoms with Crippen LogP contribution in [0, 0.1) is 0 Å². The predicted molar refractivity (Wildman–Crippen MR) is 52.9 cm³/mol. The van der Waals surface area contributed by atoms with Gasteiger partial charge in [-0.2, -0.15) is 0 Å². The zero-order valence-electron chi connectivity index (χ0n) is 7.62. The molecule has 0 amide bonds. The summed E-state index contributed by atoms with van der Waals surface area (Å²) in [6, 6.07) is 0.453. The Labute approximate surface area is 77.8 Å². The van der Waals surface area contributed by atoms with Gasteiger partial charge in [0, 0.05) is 12.4 Å². The number of hydrogen-bond acceptors (Lipinski definition) is 3. The molecule has 0 radical (unpaired) electrons. The summed E-state index contributed by atoms with van der Waals surface area (Å²) in [5, 5.41) is 1.96. The smallest absolute Gasteiger partial charge is 0.0892 e. The average molecular weight is 185 g/mol. The molecule has 0 aromatic rings. The Hall–Kier alpha value is -0.0200. The lowest BCUT2D eigenvalue weighted by atomic mass is 9.92. The van der Waals surface area contributed by atoms with Crippen molar-refractivity contribution >= 4 is 16.8 Å². The normalized spacial score (nSPS) is 40.8. The first-order valence-electron chi connectivity index (χ1n) is 4.55. The molecule has 68 valence electrons. The summed E-state index contributed by atoms with van der Waals surface area (Å²) in [6.07, 6.45) is 4.19. The van der Waals surface area contributed by atoms with E-state index >= 15 is 0 Å². The molecule has 3 heteroatoms. The van der Waals surface area contributed by atoms with Crippen LogP contribution in [0.5, 0.6) is 0 Å². The Morgan fingerprint density at radius 2 is 2.33 bits per heavy atom. The number of thioether (sulfide) groups is 1. The highest BCUT2D eigenvalue weighted by molar-refractivity contribution is 8.14. The molecule has 0 spiro atoms. The van der Waals surface area contributed by atoms with Gasteiger partial charge in [0.1, 0.15) is 0 Å². The summed E-state index contributed by atoms with van der Waals surface area (Å²) in [5.74, 6) is 0. The van der Waals surface area contributed by atoms with E-state index in [2.05, 4.69) is 11.9 Å². The van der Waals surface area contributed by atoms with E-state index in [1.165, 1.54) is 24.3 Å². The molecular weight excluding hydrogens is 170 g/mol. The molecule has 0 bridgehead atoms. The first kappa shape index (κ1) is 8.57. The predicted octanol–water partition coefficient (Wildman–Crippen LogP) is 2.09. The number of nitrogens with zero attached hydrogens (tertiary/aromatic N) is 1. The van der Waals surface area contributed by atoms with Gasteiger partial charge in [0.05, 0.1) is 17.2 Å². The van der Waals surface area contributed by atoms with Crippen molar-refractivity contribution in [3.05, 3.63) is 0 Å². The highest BCUT2D eigenvalue weighted by Gasteiger charge is 2.37. The summed E-state index contributed by atoms with van der Waals surface area (Å²) in [5.41, 5.74) is 0. The molecule has 1 aliphatic heterocycles. The largest absolute Gasteiger partial charge is 0.379 e. The van der Waals surface area contributed by atoms with E-state index in [0.717, 1.165) is 0 Å². The summed E-state index contributed by atoms with van der Waals surface area (Å²) < 4.78 is 5.43. The van der Waals surface area contributed by atoms with Crippen LogP contribution in [0.1, 0.15) is 26.2 Å². The molecule has 12 heavy (non-hydrogen) atoms. The Morgan fingerprint density at radius 3 is 3.08 bits per heavy atom. The van der Waals surface area contributed by atoms with Crippen molar-refractivity contribution in [2.45, 2.75) is 43.6 Å². The molecule has 1 saturated carbocycles. The van der Waals surface area contributed by atoms with Gasteiger partial charge in [-0.1, -0.05) is 0 Å². The monoisotopic (exact) mass is 185 g/mol. The van der Waals surface area contributed by atoms with Crippen LogP contribution in [0.15, 0.2) is 4.99 Å². The molecular formula is C9H15NOS. The Bertz CT molecular complexity index is 205. The van der Waals surface area contributed by atoms with Gasteiger partial charge < -0.3 is 4.74 Å². The molecule has 1 heterocycles. The molecule has 0 aromatic carbocycles. The van der Waals surface area contributed by atoms with Crippen molar-refractivity contribution < 1.29 is 4.74 Å². The fraction of sp³-hybridized carbons (Fsp3) is 0.889. The summed E-state index contributed by atoms with van der Waals surface area (Å²) in [7, 11) is 1.81. The lowest BCUT2D eigenvalue weighted by Gasteiger charge is -2.30. The van der Waals surface area contributed by atoms with E-state index < -0.39 is 0 Å². The number of fused-ring (bicyclic) bond motifs is 1. The van der Waals surface area contributed by atoms with Crippen LogP contribution in [-0.2, 0) is 4.74 Å². The molecule has 0 saturated heterocycles. The highest BCUT2D eigenvalue weighted by Crippen LogP contribution is 2.37. The molecule has 1 fully saturated rings. The molecule has 2 nitrogen and oxygen atoms in total.